The van der Waals surface area contributed by atoms with E-state index in [2.05, 4.69) is 6.58 Å². The van der Waals surface area contributed by atoms with Gasteiger partial charge in [-0.3, -0.25) is 14.2 Å². The zero-order chi connectivity index (χ0) is 20.4. The summed E-state index contributed by atoms with van der Waals surface area (Å²) in [5.74, 6) is 0.289. The predicted molar refractivity (Wildman–Crippen MR) is 121 cm³/mol. The summed E-state index contributed by atoms with van der Waals surface area (Å²) in [4.78, 5) is 32.9. The number of thiophene rings is 1. The molecule has 29 heavy (non-hydrogen) atoms. The van der Waals surface area contributed by atoms with Gasteiger partial charge in [0.25, 0.3) is 5.56 Å². The molecule has 0 fully saturated rings. The molecule has 1 aliphatic rings. The van der Waals surface area contributed by atoms with Gasteiger partial charge in [0.05, 0.1) is 11.1 Å². The van der Waals surface area contributed by atoms with Crippen molar-refractivity contribution in [1.29, 1.82) is 0 Å². The van der Waals surface area contributed by atoms with E-state index >= 15 is 0 Å². The van der Waals surface area contributed by atoms with Crippen LogP contribution >= 0.6 is 23.1 Å². The molecule has 1 aliphatic carbocycles. The van der Waals surface area contributed by atoms with Gasteiger partial charge >= 0.3 is 0 Å². The van der Waals surface area contributed by atoms with Crippen LogP contribution < -0.4 is 5.56 Å². The number of rotatable bonds is 6. The Kier molecular flexibility index (Phi) is 6.01. The fraction of sp³-hybridized carbons (Fsp3) is 0.348. The van der Waals surface area contributed by atoms with Crippen LogP contribution in [0.15, 0.2) is 52.4 Å². The number of aryl methyl sites for hydroxylation is 2. The van der Waals surface area contributed by atoms with Gasteiger partial charge in [0.1, 0.15) is 4.83 Å². The van der Waals surface area contributed by atoms with Gasteiger partial charge in [-0.15, -0.1) is 11.3 Å². The second kappa shape index (κ2) is 8.67. The number of hydrogen-bond donors (Lipinski definition) is 0. The summed E-state index contributed by atoms with van der Waals surface area (Å²) in [6, 6.07) is 9.24. The largest absolute Gasteiger partial charge is 0.293 e. The molecular weight excluding hydrogens is 400 g/mol. The number of Topliss-reactive ketones (excluding diaryl/α,β-unsaturated/α-hetero) is 1. The lowest BCUT2D eigenvalue weighted by Gasteiger charge is -2.12. The van der Waals surface area contributed by atoms with Crippen molar-refractivity contribution in [2.24, 2.45) is 0 Å². The van der Waals surface area contributed by atoms with E-state index in [1.54, 1.807) is 15.9 Å². The minimum atomic E-state index is 0.00654. The molecule has 4 rings (SSSR count). The molecule has 0 radical (unpaired) electrons. The first-order valence-electron chi connectivity index (χ1n) is 9.95. The van der Waals surface area contributed by atoms with E-state index in [4.69, 9.17) is 4.98 Å². The average Bonchev–Trinajstić information content (AvgIpc) is 2.90. The normalized spacial score (nSPS) is 13.8. The molecule has 150 valence electrons. The summed E-state index contributed by atoms with van der Waals surface area (Å²) in [5.41, 5.74) is 2.78. The Morgan fingerprint density at radius 1 is 1.21 bits per heavy atom. The minimum absolute atomic E-state index is 0.00654. The van der Waals surface area contributed by atoms with E-state index in [0.29, 0.717) is 17.3 Å². The van der Waals surface area contributed by atoms with Crippen LogP contribution in [0.5, 0.6) is 0 Å². The molecule has 2 aromatic heterocycles. The van der Waals surface area contributed by atoms with Crippen LogP contribution in [0.25, 0.3) is 10.2 Å². The number of allylic oxidation sites excluding steroid dienone is 1. The molecule has 0 spiro atoms. The lowest BCUT2D eigenvalue weighted by Crippen LogP contribution is -2.24. The van der Waals surface area contributed by atoms with Crippen LogP contribution in [0.3, 0.4) is 0 Å². The molecule has 0 atom stereocenters. The summed E-state index contributed by atoms with van der Waals surface area (Å²) in [7, 11) is 0. The van der Waals surface area contributed by atoms with Crippen molar-refractivity contribution in [3.63, 3.8) is 0 Å². The summed E-state index contributed by atoms with van der Waals surface area (Å²) < 4.78 is 1.70. The predicted octanol–water partition coefficient (Wildman–Crippen LogP) is 5.28. The minimum Gasteiger partial charge on any atom is -0.293 e. The molecular formula is C23H24N2O2S2. The first-order chi connectivity index (χ1) is 14.0. The topological polar surface area (TPSA) is 52.0 Å². The Balaban J connectivity index is 1.73. The number of nitrogens with zero attached hydrogens (tertiary/aromatic N) is 2. The van der Waals surface area contributed by atoms with Crippen molar-refractivity contribution in [3.8, 4) is 0 Å². The van der Waals surface area contributed by atoms with E-state index in [9.17, 15) is 9.59 Å². The number of hydrogen-bond acceptors (Lipinski definition) is 5. The number of aromatic nitrogens is 2. The first-order valence-corrected chi connectivity index (χ1v) is 11.8. The first kappa shape index (κ1) is 20.1. The Morgan fingerprint density at radius 3 is 2.72 bits per heavy atom. The maximum absolute atomic E-state index is 13.4. The second-order valence-corrected chi connectivity index (χ2v) is 9.59. The van der Waals surface area contributed by atoms with Crippen molar-refractivity contribution >= 4 is 39.1 Å². The molecule has 0 bridgehead atoms. The number of carbonyl (C=O) groups excluding carboxylic acids is 1. The molecule has 0 aliphatic heterocycles. The standard InChI is InChI=1S/C23H24N2O2S2/c1-15(2)13-25-22(27)20-17-11-7-4-8-12-19(17)29-21(20)24-23(25)28-14-18(26)16-9-5-3-6-10-16/h3,5-6,9-10H,1,4,7-8,11-14H2,2H3. The third kappa shape index (κ3) is 4.23. The Morgan fingerprint density at radius 2 is 1.97 bits per heavy atom. The van der Waals surface area contributed by atoms with E-state index in [1.807, 2.05) is 37.3 Å². The highest BCUT2D eigenvalue weighted by Crippen LogP contribution is 2.34. The highest BCUT2D eigenvalue weighted by Gasteiger charge is 2.22. The average molecular weight is 425 g/mol. The summed E-state index contributed by atoms with van der Waals surface area (Å²) in [6.07, 6.45) is 5.50. The molecule has 1 aromatic carbocycles. The van der Waals surface area contributed by atoms with Gasteiger partial charge in [-0.1, -0.05) is 60.7 Å². The van der Waals surface area contributed by atoms with E-state index in [0.717, 1.165) is 35.1 Å². The van der Waals surface area contributed by atoms with Crippen LogP contribution in [-0.2, 0) is 19.4 Å². The highest BCUT2D eigenvalue weighted by molar-refractivity contribution is 7.99. The number of carbonyl (C=O) groups is 1. The summed E-state index contributed by atoms with van der Waals surface area (Å²) >= 11 is 2.99. The lowest BCUT2D eigenvalue weighted by molar-refractivity contribution is 0.102. The molecule has 0 N–H and O–H groups in total. The Hall–Kier alpha value is -2.18. The Bertz CT molecular complexity index is 1130. The number of ketones is 1. The van der Waals surface area contributed by atoms with E-state index < -0.39 is 0 Å². The fourth-order valence-corrected chi connectivity index (χ4v) is 5.95. The molecule has 4 nitrogen and oxygen atoms in total. The van der Waals surface area contributed by atoms with E-state index in [-0.39, 0.29) is 17.1 Å². The molecule has 0 saturated carbocycles. The third-order valence-electron chi connectivity index (χ3n) is 5.15. The van der Waals surface area contributed by atoms with Crippen LogP contribution in [0.1, 0.15) is 47.0 Å². The number of benzene rings is 1. The van der Waals surface area contributed by atoms with Crippen LogP contribution in [0.4, 0.5) is 0 Å². The summed E-state index contributed by atoms with van der Waals surface area (Å²) in [6.45, 7) is 6.32. The van der Waals surface area contributed by atoms with Gasteiger partial charge < -0.3 is 0 Å². The van der Waals surface area contributed by atoms with Gasteiger partial charge in [-0.25, -0.2) is 4.98 Å². The SMILES string of the molecule is C=C(C)Cn1c(SCC(=O)c2ccccc2)nc2sc3c(c2c1=O)CCCCC3. The second-order valence-electron chi connectivity index (χ2n) is 7.57. The zero-order valence-electron chi connectivity index (χ0n) is 16.6. The van der Waals surface area contributed by atoms with Gasteiger partial charge in [-0.05, 0) is 38.2 Å². The molecule has 0 unspecified atom stereocenters. The highest BCUT2D eigenvalue weighted by atomic mass is 32.2. The number of fused-ring (bicyclic) bond motifs is 3. The van der Waals surface area contributed by atoms with Crippen LogP contribution in [0.2, 0.25) is 0 Å². The maximum atomic E-state index is 13.4. The van der Waals surface area contributed by atoms with Gasteiger partial charge in [0.15, 0.2) is 10.9 Å². The smallest absolute Gasteiger partial charge is 0.263 e. The third-order valence-corrected chi connectivity index (χ3v) is 7.31. The van der Waals surface area contributed by atoms with Crippen molar-refractivity contribution in [2.75, 3.05) is 5.75 Å². The van der Waals surface area contributed by atoms with Gasteiger partial charge in [0, 0.05) is 17.0 Å². The van der Waals surface area contributed by atoms with Crippen molar-refractivity contribution in [2.45, 2.75) is 50.7 Å². The monoisotopic (exact) mass is 424 g/mol. The molecule has 3 aromatic rings. The van der Waals surface area contributed by atoms with Crippen molar-refractivity contribution in [3.05, 3.63) is 68.8 Å². The van der Waals surface area contributed by atoms with Crippen LogP contribution in [0, 0.1) is 0 Å². The van der Waals surface area contributed by atoms with Crippen molar-refractivity contribution < 1.29 is 4.79 Å². The maximum Gasteiger partial charge on any atom is 0.263 e. The molecule has 2 heterocycles. The fourth-order valence-electron chi connectivity index (χ4n) is 3.75. The van der Waals surface area contributed by atoms with Crippen molar-refractivity contribution in [1.82, 2.24) is 9.55 Å². The van der Waals surface area contributed by atoms with Gasteiger partial charge in [0.2, 0.25) is 0 Å². The zero-order valence-corrected chi connectivity index (χ0v) is 18.2. The molecule has 6 heteroatoms. The quantitative estimate of drug-likeness (QED) is 0.178. The van der Waals surface area contributed by atoms with Gasteiger partial charge in [-0.2, -0.15) is 0 Å². The van der Waals surface area contributed by atoms with E-state index in [1.165, 1.54) is 35.0 Å². The molecule has 0 amide bonds. The number of thioether (sulfide) groups is 1. The van der Waals surface area contributed by atoms with Crippen LogP contribution in [-0.4, -0.2) is 21.1 Å². The Labute approximate surface area is 178 Å². The summed E-state index contributed by atoms with van der Waals surface area (Å²) in [5, 5.41) is 1.39. The lowest BCUT2D eigenvalue weighted by atomic mass is 10.1. The molecule has 0 saturated heterocycles.